The Labute approximate surface area is 159 Å². The average Bonchev–Trinajstić information content (AvgIpc) is 3.31. The van der Waals surface area contributed by atoms with Crippen molar-refractivity contribution >= 4 is 11.2 Å². The van der Waals surface area contributed by atoms with Crippen molar-refractivity contribution < 1.29 is 13.2 Å². The molecule has 1 saturated carbocycles. The van der Waals surface area contributed by atoms with Gasteiger partial charge in [-0.3, -0.25) is 15.8 Å². The third-order valence-electron chi connectivity index (χ3n) is 5.74. The summed E-state index contributed by atoms with van der Waals surface area (Å²) in [5.41, 5.74) is 7.19. The number of aromatic nitrogens is 4. The first-order chi connectivity index (χ1) is 13.5. The number of pyridine rings is 2. The maximum atomic E-state index is 13.3. The fraction of sp³-hybridized carbons (Fsp3) is 0.421. The average molecular weight is 388 g/mol. The largest absolute Gasteiger partial charge is 0.433 e. The summed E-state index contributed by atoms with van der Waals surface area (Å²) >= 11 is 0. The lowest BCUT2D eigenvalue weighted by Gasteiger charge is -2.32. The number of fused-ring (bicyclic) bond motifs is 2. The van der Waals surface area contributed by atoms with Gasteiger partial charge in [0.05, 0.1) is 0 Å². The molecular formula is C19H19F3N6. The lowest BCUT2D eigenvalue weighted by atomic mass is 9.82. The van der Waals surface area contributed by atoms with Crippen molar-refractivity contribution in [2.24, 2.45) is 5.92 Å². The van der Waals surface area contributed by atoms with Crippen LogP contribution in [0.5, 0.6) is 0 Å². The monoisotopic (exact) mass is 388 g/mol. The fourth-order valence-corrected chi connectivity index (χ4v) is 4.39. The molecule has 2 N–H and O–H groups in total. The summed E-state index contributed by atoms with van der Waals surface area (Å²) in [6.07, 6.45) is 1.52. The highest BCUT2D eigenvalue weighted by Gasteiger charge is 2.37. The van der Waals surface area contributed by atoms with Crippen LogP contribution >= 0.6 is 0 Å². The summed E-state index contributed by atoms with van der Waals surface area (Å²) in [4.78, 5) is 12.7. The molecule has 4 heterocycles. The van der Waals surface area contributed by atoms with Crippen LogP contribution in [-0.4, -0.2) is 32.1 Å². The number of alkyl halides is 3. The van der Waals surface area contributed by atoms with Crippen molar-refractivity contribution in [3.63, 3.8) is 0 Å². The molecule has 6 nitrogen and oxygen atoms in total. The Kier molecular flexibility index (Phi) is 4.09. The van der Waals surface area contributed by atoms with E-state index in [1.54, 1.807) is 12.4 Å². The smallest absolute Gasteiger partial charge is 0.306 e. The van der Waals surface area contributed by atoms with Crippen molar-refractivity contribution in [1.29, 1.82) is 0 Å². The molecule has 3 aromatic rings. The number of imidazole rings is 1. The van der Waals surface area contributed by atoms with Gasteiger partial charge >= 0.3 is 6.18 Å². The number of hydrogen-bond donors (Lipinski definition) is 2. The third kappa shape index (κ3) is 2.94. The van der Waals surface area contributed by atoms with E-state index < -0.39 is 11.9 Å². The van der Waals surface area contributed by atoms with Crippen LogP contribution in [0.15, 0.2) is 36.7 Å². The van der Waals surface area contributed by atoms with Crippen molar-refractivity contribution in [2.45, 2.75) is 37.5 Å². The normalized spacial score (nSPS) is 25.2. The molecule has 28 heavy (non-hydrogen) atoms. The van der Waals surface area contributed by atoms with E-state index in [1.807, 2.05) is 16.7 Å². The number of hydrazine groups is 1. The SMILES string of the molecule is FC(F)(F)c1ccc2nc(-c3ccncc3)n(C3CCC4NNCC4C3)c2n1. The number of hydrogen-bond acceptors (Lipinski definition) is 5. The Morgan fingerprint density at radius 1 is 1.04 bits per heavy atom. The van der Waals surface area contributed by atoms with Crippen molar-refractivity contribution in [1.82, 2.24) is 30.4 Å². The zero-order chi connectivity index (χ0) is 19.3. The maximum Gasteiger partial charge on any atom is 0.433 e. The number of halogens is 3. The van der Waals surface area contributed by atoms with Gasteiger partial charge in [0.2, 0.25) is 0 Å². The zero-order valence-corrected chi connectivity index (χ0v) is 14.9. The Morgan fingerprint density at radius 2 is 1.86 bits per heavy atom. The van der Waals surface area contributed by atoms with Crippen LogP contribution in [0.1, 0.15) is 31.0 Å². The molecule has 3 unspecified atom stereocenters. The molecule has 9 heteroatoms. The third-order valence-corrected chi connectivity index (χ3v) is 5.74. The summed E-state index contributed by atoms with van der Waals surface area (Å²) < 4.78 is 41.7. The Bertz CT molecular complexity index is 1000. The number of nitrogens with zero attached hydrogens (tertiary/aromatic N) is 4. The van der Waals surface area contributed by atoms with Crippen LogP contribution in [0.3, 0.4) is 0 Å². The van der Waals surface area contributed by atoms with Gasteiger partial charge < -0.3 is 4.57 Å². The standard InChI is InChI=1S/C19H19F3N6/c20-19(21,22)16-4-3-15-18(26-16)28(17(25-15)11-5-7-23-8-6-11)13-1-2-14-12(9-13)10-24-27-14/h3-8,12-14,24,27H,1-2,9-10H2. The highest BCUT2D eigenvalue weighted by atomic mass is 19.4. The predicted octanol–water partition coefficient (Wildman–Crippen LogP) is 3.33. The van der Waals surface area contributed by atoms with Crippen LogP contribution in [0, 0.1) is 5.92 Å². The molecule has 5 rings (SSSR count). The van der Waals surface area contributed by atoms with Crippen molar-refractivity contribution in [3.05, 3.63) is 42.4 Å². The Hall–Kier alpha value is -2.52. The minimum absolute atomic E-state index is 0.0482. The summed E-state index contributed by atoms with van der Waals surface area (Å²) in [6, 6.07) is 6.52. The second-order valence-electron chi connectivity index (χ2n) is 7.44. The van der Waals surface area contributed by atoms with Crippen LogP contribution in [0.25, 0.3) is 22.6 Å². The molecular weight excluding hydrogens is 369 g/mol. The summed E-state index contributed by atoms with van der Waals surface area (Å²) in [5, 5.41) is 0. The molecule has 1 aliphatic heterocycles. The molecule has 0 aromatic carbocycles. The van der Waals surface area contributed by atoms with Crippen LogP contribution in [0.4, 0.5) is 13.2 Å². The molecule has 2 aliphatic rings. The first-order valence-electron chi connectivity index (χ1n) is 9.35. The van der Waals surface area contributed by atoms with Crippen molar-refractivity contribution in [2.75, 3.05) is 6.54 Å². The van der Waals surface area contributed by atoms with Crippen molar-refractivity contribution in [3.8, 4) is 11.4 Å². The van der Waals surface area contributed by atoms with Gasteiger partial charge in [-0.2, -0.15) is 13.2 Å². The molecule has 1 aliphatic carbocycles. The summed E-state index contributed by atoms with van der Waals surface area (Å²) in [5.74, 6) is 1.08. The summed E-state index contributed by atoms with van der Waals surface area (Å²) in [6.45, 7) is 0.861. The number of nitrogens with one attached hydrogen (secondary N) is 2. The van der Waals surface area contributed by atoms with Gasteiger partial charge in [0.1, 0.15) is 17.0 Å². The second kappa shape index (κ2) is 6.52. The minimum Gasteiger partial charge on any atom is -0.306 e. The minimum atomic E-state index is -4.49. The highest BCUT2D eigenvalue weighted by Crippen LogP contribution is 2.39. The predicted molar refractivity (Wildman–Crippen MR) is 97.1 cm³/mol. The molecule has 146 valence electrons. The molecule has 3 atom stereocenters. The topological polar surface area (TPSA) is 67.7 Å². The molecule has 0 bridgehead atoms. The van der Waals surface area contributed by atoms with Gasteiger partial charge in [-0.25, -0.2) is 9.97 Å². The highest BCUT2D eigenvalue weighted by molar-refractivity contribution is 5.77. The van der Waals surface area contributed by atoms with Gasteiger partial charge in [-0.05, 0) is 49.4 Å². The van der Waals surface area contributed by atoms with Gasteiger partial charge in [-0.1, -0.05) is 0 Å². The van der Waals surface area contributed by atoms with E-state index >= 15 is 0 Å². The number of rotatable bonds is 2. The molecule has 0 radical (unpaired) electrons. The second-order valence-corrected chi connectivity index (χ2v) is 7.44. The Morgan fingerprint density at radius 3 is 2.64 bits per heavy atom. The van der Waals surface area contributed by atoms with Gasteiger partial charge in [0, 0.05) is 36.6 Å². The van der Waals surface area contributed by atoms with E-state index in [9.17, 15) is 13.2 Å². The van der Waals surface area contributed by atoms with E-state index in [1.165, 1.54) is 6.07 Å². The molecule has 2 fully saturated rings. The molecule has 0 spiro atoms. The molecule has 0 amide bonds. The van der Waals surface area contributed by atoms with Gasteiger partial charge in [-0.15, -0.1) is 0 Å². The first-order valence-corrected chi connectivity index (χ1v) is 9.35. The quantitative estimate of drug-likeness (QED) is 0.705. The maximum absolute atomic E-state index is 13.3. The van der Waals surface area contributed by atoms with Crippen LogP contribution < -0.4 is 10.9 Å². The van der Waals surface area contributed by atoms with Gasteiger partial charge in [0.25, 0.3) is 0 Å². The van der Waals surface area contributed by atoms with E-state index in [0.717, 1.165) is 37.4 Å². The first kappa shape index (κ1) is 17.6. The van der Waals surface area contributed by atoms with E-state index in [4.69, 9.17) is 0 Å². The van der Waals surface area contributed by atoms with E-state index in [-0.39, 0.29) is 6.04 Å². The zero-order valence-electron chi connectivity index (χ0n) is 14.9. The van der Waals surface area contributed by atoms with E-state index in [0.29, 0.717) is 28.9 Å². The lowest BCUT2D eigenvalue weighted by molar-refractivity contribution is -0.141. The van der Waals surface area contributed by atoms with E-state index in [2.05, 4.69) is 25.8 Å². The molecule has 3 aromatic heterocycles. The van der Waals surface area contributed by atoms with Crippen LogP contribution in [0.2, 0.25) is 0 Å². The fourth-order valence-electron chi connectivity index (χ4n) is 4.39. The van der Waals surface area contributed by atoms with Crippen LogP contribution in [-0.2, 0) is 6.18 Å². The Balaban J connectivity index is 1.67. The lowest BCUT2D eigenvalue weighted by Crippen LogP contribution is -2.36. The summed E-state index contributed by atoms with van der Waals surface area (Å²) in [7, 11) is 0. The molecule has 1 saturated heterocycles. The van der Waals surface area contributed by atoms with Gasteiger partial charge in [0.15, 0.2) is 5.65 Å².